The minimum Gasteiger partial charge on any atom is -0.292 e. The fourth-order valence-corrected chi connectivity index (χ4v) is 9.00. The van der Waals surface area contributed by atoms with Gasteiger partial charge in [-0.25, -0.2) is 4.98 Å². The average molecular weight is 661 g/mol. The molecule has 2 heteroatoms. The van der Waals surface area contributed by atoms with E-state index in [-0.39, 0.29) is 0 Å². The van der Waals surface area contributed by atoms with E-state index >= 15 is 0 Å². The number of fused-ring (bicyclic) bond motifs is 11. The van der Waals surface area contributed by atoms with Gasteiger partial charge in [-0.15, -0.1) is 0 Å². The number of hydrogen-bond acceptors (Lipinski definition) is 1. The summed E-state index contributed by atoms with van der Waals surface area (Å²) in [5, 5.41) is 0. The molecular weight excluding hydrogens is 629 g/mol. The van der Waals surface area contributed by atoms with Crippen molar-refractivity contribution >= 4 is 11.0 Å². The number of rotatable bonds is 4. The minimum atomic E-state index is -0.418. The van der Waals surface area contributed by atoms with Crippen molar-refractivity contribution in [3.8, 4) is 61.6 Å². The van der Waals surface area contributed by atoms with Crippen LogP contribution in [0.3, 0.4) is 0 Å². The second-order valence-corrected chi connectivity index (χ2v) is 13.9. The predicted molar refractivity (Wildman–Crippen MR) is 214 cm³/mol. The first kappa shape index (κ1) is 29.0. The molecule has 2 aliphatic carbocycles. The lowest BCUT2D eigenvalue weighted by Gasteiger charge is -2.31. The van der Waals surface area contributed by atoms with Crippen LogP contribution in [-0.4, -0.2) is 9.55 Å². The topological polar surface area (TPSA) is 17.8 Å². The highest BCUT2D eigenvalue weighted by Gasteiger charge is 2.51. The van der Waals surface area contributed by atoms with E-state index in [1.54, 1.807) is 0 Å². The lowest BCUT2D eigenvalue weighted by atomic mass is 9.70. The summed E-state index contributed by atoms with van der Waals surface area (Å²) >= 11 is 0. The Labute approximate surface area is 303 Å². The normalized spacial score (nSPS) is 13.2. The third-order valence-corrected chi connectivity index (χ3v) is 11.2. The van der Waals surface area contributed by atoms with Crippen LogP contribution >= 0.6 is 0 Å². The Morgan fingerprint density at radius 3 is 1.42 bits per heavy atom. The molecule has 0 amide bonds. The first-order chi connectivity index (χ1) is 25.8. The largest absolute Gasteiger partial charge is 0.292 e. The third-order valence-electron chi connectivity index (χ3n) is 11.2. The van der Waals surface area contributed by atoms with E-state index in [0.717, 1.165) is 28.1 Å². The van der Waals surface area contributed by atoms with Crippen molar-refractivity contribution in [3.63, 3.8) is 0 Å². The lowest BCUT2D eigenvalue weighted by molar-refractivity contribution is 0.794. The molecule has 1 spiro atoms. The summed E-state index contributed by atoms with van der Waals surface area (Å²) in [6.07, 6.45) is 0. The molecule has 242 valence electrons. The lowest BCUT2D eigenvalue weighted by Crippen LogP contribution is -2.26. The van der Waals surface area contributed by atoms with E-state index in [1.165, 1.54) is 66.8 Å². The fourth-order valence-electron chi connectivity index (χ4n) is 9.00. The summed E-state index contributed by atoms with van der Waals surface area (Å²) in [6.45, 7) is 0. The van der Waals surface area contributed by atoms with Gasteiger partial charge in [-0.2, -0.15) is 0 Å². The highest BCUT2D eigenvalue weighted by molar-refractivity contribution is 5.97. The van der Waals surface area contributed by atoms with Gasteiger partial charge in [0.05, 0.1) is 16.4 Å². The van der Waals surface area contributed by atoms with Crippen LogP contribution in [0.25, 0.3) is 72.6 Å². The molecule has 2 nitrogen and oxygen atoms in total. The Balaban J connectivity index is 1.10. The Morgan fingerprint density at radius 2 is 0.808 bits per heavy atom. The Bertz CT molecular complexity index is 2780. The standard InChI is InChI=1S/C50H32N2/c1-3-13-33(14-4-1)36-25-29-41-42-30-26-37(32-46(42)50(45(41)31-36)43-19-9-7-17-39(43)40-18-8-10-20-44(40)50)34-23-27-38(28-24-34)52-48-22-12-11-21-47(48)51-49(52)35-15-5-2-6-16-35/h1-32H. The van der Waals surface area contributed by atoms with Gasteiger partial charge in [0.2, 0.25) is 0 Å². The highest BCUT2D eigenvalue weighted by Crippen LogP contribution is 2.63. The first-order valence-electron chi connectivity index (χ1n) is 18.0. The molecule has 2 aliphatic rings. The summed E-state index contributed by atoms with van der Waals surface area (Å²) in [4.78, 5) is 5.06. The summed E-state index contributed by atoms with van der Waals surface area (Å²) in [6, 6.07) is 70.9. The molecule has 0 saturated heterocycles. The number of aromatic nitrogens is 2. The molecule has 0 radical (unpaired) electrons. The Kier molecular flexibility index (Phi) is 6.20. The SMILES string of the molecule is c1ccc(-c2ccc3c(c2)C2(c4ccccc4-c4ccccc42)c2cc(-c4ccc(-n5c(-c6ccccc6)nc6ccccc65)cc4)ccc2-3)cc1. The van der Waals surface area contributed by atoms with Crippen molar-refractivity contribution in [1.29, 1.82) is 0 Å². The number of benzene rings is 8. The van der Waals surface area contributed by atoms with Crippen LogP contribution < -0.4 is 0 Å². The van der Waals surface area contributed by atoms with E-state index in [4.69, 9.17) is 4.98 Å². The number of hydrogen-bond donors (Lipinski definition) is 0. The Morgan fingerprint density at radius 1 is 0.346 bits per heavy atom. The number of para-hydroxylation sites is 2. The molecule has 0 fully saturated rings. The van der Waals surface area contributed by atoms with Crippen molar-refractivity contribution in [2.45, 2.75) is 5.41 Å². The van der Waals surface area contributed by atoms with E-state index in [9.17, 15) is 0 Å². The van der Waals surface area contributed by atoms with Crippen LogP contribution in [0.4, 0.5) is 0 Å². The minimum absolute atomic E-state index is 0.418. The molecule has 0 unspecified atom stereocenters. The number of imidazole rings is 1. The second kappa shape index (κ2) is 11.1. The molecular formula is C50H32N2. The van der Waals surface area contributed by atoms with E-state index < -0.39 is 5.41 Å². The van der Waals surface area contributed by atoms with Gasteiger partial charge >= 0.3 is 0 Å². The summed E-state index contributed by atoms with van der Waals surface area (Å²) in [7, 11) is 0. The monoisotopic (exact) mass is 660 g/mol. The second-order valence-electron chi connectivity index (χ2n) is 13.9. The molecule has 0 bridgehead atoms. The molecule has 0 aliphatic heterocycles. The van der Waals surface area contributed by atoms with Crippen LogP contribution in [0.1, 0.15) is 22.3 Å². The summed E-state index contributed by atoms with van der Waals surface area (Å²) in [5.41, 5.74) is 19.4. The maximum absolute atomic E-state index is 5.06. The maximum Gasteiger partial charge on any atom is 0.145 e. The van der Waals surface area contributed by atoms with Crippen LogP contribution in [-0.2, 0) is 5.41 Å². The smallest absolute Gasteiger partial charge is 0.145 e. The van der Waals surface area contributed by atoms with Crippen LogP contribution in [0, 0.1) is 0 Å². The van der Waals surface area contributed by atoms with Crippen molar-refractivity contribution in [1.82, 2.24) is 9.55 Å². The quantitative estimate of drug-likeness (QED) is 0.184. The van der Waals surface area contributed by atoms with E-state index in [2.05, 4.69) is 199 Å². The molecule has 0 atom stereocenters. The van der Waals surface area contributed by atoms with Gasteiger partial charge in [-0.05, 0) is 103 Å². The molecule has 0 saturated carbocycles. The van der Waals surface area contributed by atoms with Gasteiger partial charge in [0.25, 0.3) is 0 Å². The molecule has 52 heavy (non-hydrogen) atoms. The van der Waals surface area contributed by atoms with Gasteiger partial charge in [0.15, 0.2) is 0 Å². The van der Waals surface area contributed by atoms with E-state index in [0.29, 0.717) is 0 Å². The van der Waals surface area contributed by atoms with Crippen molar-refractivity contribution in [3.05, 3.63) is 216 Å². The molecule has 1 aromatic heterocycles. The maximum atomic E-state index is 5.06. The molecule has 1 heterocycles. The first-order valence-corrected chi connectivity index (χ1v) is 18.0. The van der Waals surface area contributed by atoms with Crippen molar-refractivity contribution < 1.29 is 0 Å². The third kappa shape index (κ3) is 4.03. The summed E-state index contributed by atoms with van der Waals surface area (Å²) in [5.74, 6) is 0.945. The van der Waals surface area contributed by atoms with Crippen LogP contribution in [0.15, 0.2) is 194 Å². The van der Waals surface area contributed by atoms with Gasteiger partial charge in [0.1, 0.15) is 5.82 Å². The van der Waals surface area contributed by atoms with Crippen molar-refractivity contribution in [2.24, 2.45) is 0 Å². The zero-order valence-electron chi connectivity index (χ0n) is 28.4. The molecule has 0 N–H and O–H groups in total. The average Bonchev–Trinajstić information content (AvgIpc) is 3.86. The van der Waals surface area contributed by atoms with Crippen LogP contribution in [0.5, 0.6) is 0 Å². The van der Waals surface area contributed by atoms with Gasteiger partial charge in [-0.3, -0.25) is 4.57 Å². The Hall–Kier alpha value is -6.77. The van der Waals surface area contributed by atoms with Gasteiger partial charge < -0.3 is 0 Å². The summed E-state index contributed by atoms with van der Waals surface area (Å²) < 4.78 is 2.28. The van der Waals surface area contributed by atoms with Crippen LogP contribution in [0.2, 0.25) is 0 Å². The predicted octanol–water partition coefficient (Wildman–Crippen LogP) is 12.4. The van der Waals surface area contributed by atoms with Gasteiger partial charge in [-0.1, -0.05) is 158 Å². The fraction of sp³-hybridized carbons (Fsp3) is 0.0200. The highest BCUT2D eigenvalue weighted by atomic mass is 15.1. The molecule has 9 aromatic rings. The zero-order valence-corrected chi connectivity index (χ0v) is 28.4. The van der Waals surface area contributed by atoms with Gasteiger partial charge in [0, 0.05) is 11.3 Å². The zero-order chi connectivity index (χ0) is 34.2. The van der Waals surface area contributed by atoms with Crippen molar-refractivity contribution in [2.75, 3.05) is 0 Å². The molecule has 11 rings (SSSR count). The van der Waals surface area contributed by atoms with E-state index in [1.807, 2.05) is 0 Å². The number of nitrogens with zero attached hydrogens (tertiary/aromatic N) is 2. The molecule has 8 aromatic carbocycles.